The molecule has 0 aliphatic rings. The molecule has 21 heavy (non-hydrogen) atoms. The predicted octanol–water partition coefficient (Wildman–Crippen LogP) is 4.62. The number of benzene rings is 1. The summed E-state index contributed by atoms with van der Waals surface area (Å²) in [4.78, 5) is 3.48. The van der Waals surface area contributed by atoms with Crippen LogP contribution in [0.4, 0.5) is 0 Å². The number of halogens is 1. The molecule has 0 spiro atoms. The Labute approximate surface area is 137 Å². The predicted molar refractivity (Wildman–Crippen MR) is 95.5 cm³/mol. The maximum Gasteiger partial charge on any atom is 0.0636 e. The quantitative estimate of drug-likeness (QED) is 0.799. The first-order chi connectivity index (χ1) is 9.97. The SMILES string of the molecule is CC(C)CC(CN(C)C)NCc1sc2ccccc2c1Cl. The van der Waals surface area contributed by atoms with E-state index in [0.29, 0.717) is 12.0 Å². The van der Waals surface area contributed by atoms with E-state index in [1.165, 1.54) is 21.4 Å². The van der Waals surface area contributed by atoms with Gasteiger partial charge in [-0.25, -0.2) is 0 Å². The Morgan fingerprint density at radius 1 is 1.24 bits per heavy atom. The van der Waals surface area contributed by atoms with Gasteiger partial charge in [-0.3, -0.25) is 0 Å². The van der Waals surface area contributed by atoms with Crippen molar-refractivity contribution in [3.63, 3.8) is 0 Å². The Morgan fingerprint density at radius 2 is 1.95 bits per heavy atom. The third-order valence-corrected chi connectivity index (χ3v) is 5.21. The highest BCUT2D eigenvalue weighted by atomic mass is 35.5. The highest BCUT2D eigenvalue weighted by Crippen LogP contribution is 2.35. The lowest BCUT2D eigenvalue weighted by Gasteiger charge is -2.24. The number of nitrogens with zero attached hydrogens (tertiary/aromatic N) is 1. The average molecular weight is 325 g/mol. The van der Waals surface area contributed by atoms with Crippen LogP contribution >= 0.6 is 22.9 Å². The molecule has 0 aliphatic heterocycles. The summed E-state index contributed by atoms with van der Waals surface area (Å²) in [6.45, 7) is 6.46. The van der Waals surface area contributed by atoms with Gasteiger partial charge in [0.15, 0.2) is 0 Å². The number of nitrogens with one attached hydrogen (secondary N) is 1. The normalized spacial score (nSPS) is 13.5. The second-order valence-corrected chi connectivity index (χ2v) is 7.82. The first kappa shape index (κ1) is 16.8. The van der Waals surface area contributed by atoms with E-state index in [-0.39, 0.29) is 0 Å². The van der Waals surface area contributed by atoms with Gasteiger partial charge in [0.05, 0.1) is 5.02 Å². The molecule has 0 bridgehead atoms. The minimum absolute atomic E-state index is 0.501. The average Bonchev–Trinajstić information content (AvgIpc) is 2.72. The van der Waals surface area contributed by atoms with Gasteiger partial charge in [0.1, 0.15) is 0 Å². The molecule has 2 rings (SSSR count). The zero-order valence-corrected chi connectivity index (χ0v) is 14.9. The van der Waals surface area contributed by atoms with Crippen LogP contribution in [0.2, 0.25) is 5.02 Å². The standard InChI is InChI=1S/C17H25ClN2S/c1-12(2)9-13(11-20(3)4)19-10-16-17(18)14-7-5-6-8-15(14)21-16/h5-8,12-13,19H,9-11H2,1-4H3. The smallest absolute Gasteiger partial charge is 0.0636 e. The van der Waals surface area contributed by atoms with E-state index < -0.39 is 0 Å². The lowest BCUT2D eigenvalue weighted by molar-refractivity contribution is 0.305. The van der Waals surface area contributed by atoms with Crippen LogP contribution in [-0.2, 0) is 6.54 Å². The third kappa shape index (κ3) is 4.68. The van der Waals surface area contributed by atoms with Crippen LogP contribution in [0, 0.1) is 5.92 Å². The maximum atomic E-state index is 6.51. The second-order valence-electron chi connectivity index (χ2n) is 6.30. The van der Waals surface area contributed by atoms with Crippen LogP contribution in [0.15, 0.2) is 24.3 Å². The topological polar surface area (TPSA) is 15.3 Å². The van der Waals surface area contributed by atoms with Crippen molar-refractivity contribution in [3.8, 4) is 0 Å². The number of hydrogen-bond acceptors (Lipinski definition) is 3. The number of likely N-dealkylation sites (N-methyl/N-ethyl adjacent to an activating group) is 1. The van der Waals surface area contributed by atoms with Crippen molar-refractivity contribution < 1.29 is 0 Å². The van der Waals surface area contributed by atoms with E-state index >= 15 is 0 Å². The molecule has 2 nitrogen and oxygen atoms in total. The number of hydrogen-bond donors (Lipinski definition) is 1. The van der Waals surface area contributed by atoms with Crippen LogP contribution in [-0.4, -0.2) is 31.6 Å². The Kier molecular flexibility index (Phi) is 6.06. The van der Waals surface area contributed by atoms with Gasteiger partial charge < -0.3 is 10.2 Å². The van der Waals surface area contributed by atoms with E-state index in [9.17, 15) is 0 Å². The van der Waals surface area contributed by atoms with E-state index in [0.717, 1.165) is 18.1 Å². The molecule has 1 N–H and O–H groups in total. The highest BCUT2D eigenvalue weighted by molar-refractivity contribution is 7.19. The second kappa shape index (κ2) is 7.59. The molecule has 1 atom stereocenters. The van der Waals surface area contributed by atoms with Crippen LogP contribution in [0.25, 0.3) is 10.1 Å². The van der Waals surface area contributed by atoms with Gasteiger partial charge in [0, 0.05) is 34.1 Å². The van der Waals surface area contributed by atoms with Gasteiger partial charge in [0.25, 0.3) is 0 Å². The fourth-order valence-electron chi connectivity index (χ4n) is 2.65. The molecule has 0 radical (unpaired) electrons. The van der Waals surface area contributed by atoms with E-state index in [1.807, 2.05) is 6.07 Å². The monoisotopic (exact) mass is 324 g/mol. The first-order valence-electron chi connectivity index (χ1n) is 7.51. The first-order valence-corrected chi connectivity index (χ1v) is 8.70. The molecule has 0 fully saturated rings. The minimum Gasteiger partial charge on any atom is -0.308 e. The molecular weight excluding hydrogens is 300 g/mol. The Bertz CT molecular complexity index is 567. The van der Waals surface area contributed by atoms with E-state index in [1.54, 1.807) is 11.3 Å². The molecule has 0 saturated heterocycles. The largest absolute Gasteiger partial charge is 0.308 e. The van der Waals surface area contributed by atoms with Gasteiger partial charge in [-0.1, -0.05) is 43.6 Å². The van der Waals surface area contributed by atoms with Gasteiger partial charge in [-0.15, -0.1) is 11.3 Å². The summed E-state index contributed by atoms with van der Waals surface area (Å²) < 4.78 is 1.27. The summed E-state index contributed by atoms with van der Waals surface area (Å²) in [6.07, 6.45) is 1.18. The van der Waals surface area contributed by atoms with Crippen molar-refractivity contribution in [2.45, 2.75) is 32.9 Å². The van der Waals surface area contributed by atoms with Crippen molar-refractivity contribution in [3.05, 3.63) is 34.2 Å². The minimum atomic E-state index is 0.501. The molecule has 1 unspecified atom stereocenters. The molecule has 2 aromatic rings. The van der Waals surface area contributed by atoms with Crippen molar-refractivity contribution in [2.24, 2.45) is 5.92 Å². The number of thiophene rings is 1. The summed E-state index contributed by atoms with van der Waals surface area (Å²) in [5, 5.41) is 5.77. The molecule has 1 aromatic heterocycles. The third-order valence-electron chi connectivity index (χ3n) is 3.49. The molecule has 1 aromatic carbocycles. The summed E-state index contributed by atoms with van der Waals surface area (Å²) in [7, 11) is 4.25. The van der Waals surface area contributed by atoms with Crippen LogP contribution < -0.4 is 5.32 Å². The summed E-state index contributed by atoms with van der Waals surface area (Å²) >= 11 is 8.31. The molecule has 116 valence electrons. The van der Waals surface area contributed by atoms with Gasteiger partial charge >= 0.3 is 0 Å². The highest BCUT2D eigenvalue weighted by Gasteiger charge is 2.14. The molecule has 4 heteroatoms. The summed E-state index contributed by atoms with van der Waals surface area (Å²) in [6, 6.07) is 8.86. The Balaban J connectivity index is 2.06. The number of fused-ring (bicyclic) bond motifs is 1. The lowest BCUT2D eigenvalue weighted by Crippen LogP contribution is -2.38. The Hall–Kier alpha value is -0.610. The van der Waals surface area contributed by atoms with Crippen LogP contribution in [0.5, 0.6) is 0 Å². The molecular formula is C17H25ClN2S. The van der Waals surface area contributed by atoms with Gasteiger partial charge in [-0.05, 0) is 32.5 Å². The fourth-order valence-corrected chi connectivity index (χ4v) is 4.10. The zero-order valence-electron chi connectivity index (χ0n) is 13.3. The molecule has 0 saturated carbocycles. The lowest BCUT2D eigenvalue weighted by atomic mass is 10.0. The maximum absolute atomic E-state index is 6.51. The van der Waals surface area contributed by atoms with Crippen LogP contribution in [0.1, 0.15) is 25.1 Å². The van der Waals surface area contributed by atoms with Crippen LogP contribution in [0.3, 0.4) is 0 Å². The number of rotatable bonds is 7. The van der Waals surface area contributed by atoms with Crippen molar-refractivity contribution in [2.75, 3.05) is 20.6 Å². The molecule has 0 amide bonds. The van der Waals surface area contributed by atoms with E-state index in [4.69, 9.17) is 11.6 Å². The molecule has 1 heterocycles. The van der Waals surface area contributed by atoms with Crippen molar-refractivity contribution in [1.82, 2.24) is 10.2 Å². The zero-order chi connectivity index (χ0) is 15.4. The van der Waals surface area contributed by atoms with Crippen molar-refractivity contribution in [1.29, 1.82) is 0 Å². The van der Waals surface area contributed by atoms with E-state index in [2.05, 4.69) is 56.4 Å². The summed E-state index contributed by atoms with van der Waals surface area (Å²) in [5.74, 6) is 0.695. The fraction of sp³-hybridized carbons (Fsp3) is 0.529. The van der Waals surface area contributed by atoms with Crippen molar-refractivity contribution >= 4 is 33.0 Å². The molecule has 0 aliphatic carbocycles. The summed E-state index contributed by atoms with van der Waals surface area (Å²) in [5.41, 5.74) is 0. The van der Waals surface area contributed by atoms with Gasteiger partial charge in [-0.2, -0.15) is 0 Å². The van der Waals surface area contributed by atoms with Gasteiger partial charge in [0.2, 0.25) is 0 Å². The Morgan fingerprint density at radius 3 is 2.57 bits per heavy atom.